The molecular weight excluding hydrogens is 452 g/mol. The topological polar surface area (TPSA) is 120 Å². The summed E-state index contributed by atoms with van der Waals surface area (Å²) in [7, 11) is -1.55. The Balaban J connectivity index is 0.000000427. The number of para-hydroxylation sites is 1. The second-order valence-corrected chi connectivity index (χ2v) is 8.54. The van der Waals surface area contributed by atoms with Crippen molar-refractivity contribution in [2.75, 3.05) is 13.7 Å². The summed E-state index contributed by atoms with van der Waals surface area (Å²) < 4.78 is 35.1. The molecule has 0 unspecified atom stereocenters. The van der Waals surface area contributed by atoms with Crippen LogP contribution in [-0.4, -0.2) is 36.4 Å². The minimum absolute atomic E-state index is 0.0768. The van der Waals surface area contributed by atoms with E-state index in [0.29, 0.717) is 6.54 Å². The molecule has 2 heterocycles. The molecule has 2 aromatic heterocycles. The van der Waals surface area contributed by atoms with Gasteiger partial charge in [-0.3, -0.25) is 4.18 Å². The molecule has 0 spiro atoms. The van der Waals surface area contributed by atoms with E-state index in [4.69, 9.17) is 0 Å². The molecule has 0 bridgehead atoms. The molecule has 9 nitrogen and oxygen atoms in total. The summed E-state index contributed by atoms with van der Waals surface area (Å²) >= 11 is 1.51. The van der Waals surface area contributed by atoms with E-state index < -0.39 is 10.4 Å². The molecule has 0 aliphatic heterocycles. The zero-order valence-corrected chi connectivity index (χ0v) is 19.1. The minimum Gasteiger partial charge on any atom is -0.726 e. The van der Waals surface area contributed by atoms with Crippen molar-refractivity contribution in [3.63, 3.8) is 0 Å². The Morgan fingerprint density at radius 3 is 2.44 bits per heavy atom. The van der Waals surface area contributed by atoms with E-state index in [-0.39, 0.29) is 6.61 Å². The van der Waals surface area contributed by atoms with Crippen LogP contribution in [0.4, 0.5) is 10.8 Å². The first kappa shape index (κ1) is 23.7. The second-order valence-electron chi connectivity index (χ2n) is 6.52. The van der Waals surface area contributed by atoms with Crippen LogP contribution < -0.4 is 4.57 Å². The van der Waals surface area contributed by atoms with Gasteiger partial charge in [0.25, 0.3) is 0 Å². The van der Waals surface area contributed by atoms with Crippen LogP contribution in [0.1, 0.15) is 0 Å². The molecule has 0 aliphatic carbocycles. The van der Waals surface area contributed by atoms with Crippen LogP contribution in [0, 0.1) is 0 Å². The van der Waals surface area contributed by atoms with E-state index in [1.54, 1.807) is 0 Å². The van der Waals surface area contributed by atoms with E-state index in [0.717, 1.165) is 40.1 Å². The van der Waals surface area contributed by atoms with Crippen LogP contribution in [-0.2, 0) is 28.2 Å². The van der Waals surface area contributed by atoms with Gasteiger partial charge in [-0.25, -0.2) is 13.0 Å². The maximum Gasteiger partial charge on any atom is 0.408 e. The van der Waals surface area contributed by atoms with E-state index in [1.807, 2.05) is 46.5 Å². The van der Waals surface area contributed by atoms with Crippen molar-refractivity contribution in [2.45, 2.75) is 6.54 Å². The highest BCUT2D eigenvalue weighted by Crippen LogP contribution is 2.40. The van der Waals surface area contributed by atoms with Crippen molar-refractivity contribution in [1.29, 1.82) is 0 Å². The smallest absolute Gasteiger partial charge is 0.408 e. The number of fused-ring (bicyclic) bond motifs is 1. The first-order chi connectivity index (χ1) is 15.4. The number of hydrogen-bond donors (Lipinski definition) is 1. The van der Waals surface area contributed by atoms with Gasteiger partial charge in [-0.2, -0.15) is 0 Å². The third-order valence-corrected chi connectivity index (χ3v) is 5.76. The molecule has 0 aliphatic rings. The first-order valence-corrected chi connectivity index (χ1v) is 11.7. The SMILES string of the molecule is COS(=O)(=O)[O-].Cn1c(-c2ccccc2)c(N=Nc2scc[n+]2CCO)c2ccccc21. The summed E-state index contributed by atoms with van der Waals surface area (Å²) in [5.74, 6) is 0. The lowest BCUT2D eigenvalue weighted by Gasteiger charge is -2.04. The number of hydrogen-bond acceptors (Lipinski definition) is 8. The van der Waals surface area contributed by atoms with Crippen LogP contribution in [0.5, 0.6) is 0 Å². The highest BCUT2D eigenvalue weighted by molar-refractivity contribution is 7.80. The van der Waals surface area contributed by atoms with E-state index in [2.05, 4.69) is 50.3 Å². The predicted molar refractivity (Wildman–Crippen MR) is 121 cm³/mol. The summed E-state index contributed by atoms with van der Waals surface area (Å²) in [5.41, 5.74) is 4.13. The lowest BCUT2D eigenvalue weighted by molar-refractivity contribution is -0.681. The monoisotopic (exact) mass is 474 g/mol. The lowest BCUT2D eigenvalue weighted by atomic mass is 10.1. The fourth-order valence-electron chi connectivity index (χ4n) is 3.15. The van der Waals surface area contributed by atoms with Gasteiger partial charge in [0.2, 0.25) is 10.4 Å². The number of azo groups is 1. The third-order valence-electron chi connectivity index (χ3n) is 4.57. The predicted octanol–water partition coefficient (Wildman–Crippen LogP) is 3.70. The van der Waals surface area contributed by atoms with Crippen LogP contribution in [0.2, 0.25) is 0 Å². The number of nitrogens with zero attached hydrogens (tertiary/aromatic N) is 4. The maximum atomic E-state index is 9.22. The molecule has 0 amide bonds. The average molecular weight is 475 g/mol. The van der Waals surface area contributed by atoms with Crippen molar-refractivity contribution < 1.29 is 26.8 Å². The van der Waals surface area contributed by atoms with Crippen molar-refractivity contribution >= 4 is 43.5 Å². The molecule has 0 radical (unpaired) electrons. The third kappa shape index (κ3) is 5.64. The number of thiazole rings is 1. The fourth-order valence-corrected chi connectivity index (χ4v) is 3.85. The van der Waals surface area contributed by atoms with Gasteiger partial charge in [0.05, 0.1) is 30.0 Å². The Hall–Kier alpha value is -2.96. The largest absolute Gasteiger partial charge is 0.726 e. The van der Waals surface area contributed by atoms with Crippen molar-refractivity contribution in [3.8, 4) is 11.3 Å². The van der Waals surface area contributed by atoms with Gasteiger partial charge < -0.3 is 14.2 Å². The quantitative estimate of drug-likeness (QED) is 0.198. The van der Waals surface area contributed by atoms with Gasteiger partial charge in [0.15, 0.2) is 0 Å². The molecule has 0 atom stereocenters. The standard InChI is InChI=1S/C20H19N4OS.CH4O4S/c1-23-17-10-6-5-9-16(17)18(19(23)15-7-3-2-4-8-15)21-22-20-24(11-13-25)12-14-26-20;1-5-6(2,3)4/h2-10,12,14,25H,11,13H2,1H3;1H3,(H,2,3,4)/q+1;/p-1. The summed E-state index contributed by atoms with van der Waals surface area (Å²) in [4.78, 5) is 0. The van der Waals surface area contributed by atoms with Gasteiger partial charge >= 0.3 is 5.13 Å². The lowest BCUT2D eigenvalue weighted by Crippen LogP contribution is -2.32. The van der Waals surface area contributed by atoms with E-state index in [1.165, 1.54) is 11.3 Å². The summed E-state index contributed by atoms with van der Waals surface area (Å²) in [6.07, 6.45) is 1.91. The Kier molecular flexibility index (Phi) is 7.83. The number of aliphatic hydroxyl groups excluding tert-OH is 1. The molecule has 1 N–H and O–H groups in total. The van der Waals surface area contributed by atoms with Gasteiger partial charge in [0.1, 0.15) is 18.4 Å². The van der Waals surface area contributed by atoms with Crippen molar-refractivity contribution in [3.05, 3.63) is 66.2 Å². The fraction of sp³-hybridized carbons (Fsp3) is 0.190. The summed E-state index contributed by atoms with van der Waals surface area (Å²) in [6.45, 7) is 0.590. The maximum absolute atomic E-state index is 9.22. The molecule has 32 heavy (non-hydrogen) atoms. The molecule has 168 valence electrons. The van der Waals surface area contributed by atoms with Gasteiger partial charge in [0, 0.05) is 23.4 Å². The molecule has 2 aromatic carbocycles. The zero-order valence-electron chi connectivity index (χ0n) is 17.5. The van der Waals surface area contributed by atoms with Gasteiger partial charge in [-0.1, -0.05) is 48.5 Å². The molecule has 0 saturated carbocycles. The van der Waals surface area contributed by atoms with Crippen molar-refractivity contribution in [1.82, 2.24) is 4.57 Å². The van der Waals surface area contributed by atoms with Crippen LogP contribution in [0.25, 0.3) is 22.2 Å². The Morgan fingerprint density at radius 2 is 1.78 bits per heavy atom. The number of benzene rings is 2. The van der Waals surface area contributed by atoms with Gasteiger partial charge in [-0.05, 0) is 22.5 Å². The highest BCUT2D eigenvalue weighted by atomic mass is 32.3. The van der Waals surface area contributed by atoms with Crippen LogP contribution in [0.3, 0.4) is 0 Å². The van der Waals surface area contributed by atoms with Crippen molar-refractivity contribution in [2.24, 2.45) is 17.3 Å². The number of aliphatic hydroxyl groups is 1. The number of aryl methyl sites for hydroxylation is 1. The first-order valence-electron chi connectivity index (χ1n) is 9.49. The molecule has 4 rings (SSSR count). The van der Waals surface area contributed by atoms with Gasteiger partial charge in [-0.15, -0.1) is 0 Å². The Bertz CT molecular complexity index is 1310. The van der Waals surface area contributed by atoms with Crippen LogP contribution >= 0.6 is 11.3 Å². The summed E-state index contributed by atoms with van der Waals surface area (Å²) in [6, 6.07) is 18.5. The molecule has 0 saturated heterocycles. The highest BCUT2D eigenvalue weighted by Gasteiger charge is 2.19. The van der Waals surface area contributed by atoms with Crippen LogP contribution in [0.15, 0.2) is 76.4 Å². The molecule has 11 heteroatoms. The minimum atomic E-state index is -4.41. The van der Waals surface area contributed by atoms with E-state index >= 15 is 0 Å². The second kappa shape index (κ2) is 10.6. The van der Waals surface area contributed by atoms with E-state index in [9.17, 15) is 18.1 Å². The molecule has 0 fully saturated rings. The Labute approximate surface area is 189 Å². The number of rotatable bonds is 6. The average Bonchev–Trinajstić information content (AvgIpc) is 3.35. The zero-order chi connectivity index (χ0) is 23.1. The normalized spacial score (nSPS) is 11.6. The summed E-state index contributed by atoms with van der Waals surface area (Å²) in [5, 5.41) is 22.1. The molecular formula is C21H22N4O5S2. The number of aromatic nitrogens is 2. The Morgan fingerprint density at radius 1 is 1.12 bits per heavy atom. The molecule has 4 aromatic rings.